The van der Waals surface area contributed by atoms with Crippen LogP contribution in [0.3, 0.4) is 0 Å². The SMILES string of the molecule is CSc1cccc(N(CCO)CC(F)(F)F)c1/C(N)=N/O. The van der Waals surface area contributed by atoms with Gasteiger partial charge in [-0.3, -0.25) is 0 Å². The van der Waals surface area contributed by atoms with Crippen molar-refractivity contribution in [3.8, 4) is 0 Å². The van der Waals surface area contributed by atoms with Gasteiger partial charge in [0, 0.05) is 17.1 Å². The highest BCUT2D eigenvalue weighted by Gasteiger charge is 2.32. The molecule has 1 aromatic carbocycles. The van der Waals surface area contributed by atoms with Crippen molar-refractivity contribution >= 4 is 23.3 Å². The molecule has 0 atom stereocenters. The first-order valence-corrected chi connectivity index (χ1v) is 7.14. The minimum absolute atomic E-state index is 0.156. The molecule has 0 heterocycles. The Kier molecular flexibility index (Phi) is 6.16. The summed E-state index contributed by atoms with van der Waals surface area (Å²) in [5.41, 5.74) is 5.95. The van der Waals surface area contributed by atoms with E-state index in [1.165, 1.54) is 17.8 Å². The molecule has 5 nitrogen and oxygen atoms in total. The summed E-state index contributed by atoms with van der Waals surface area (Å²) in [6.45, 7) is -1.91. The van der Waals surface area contributed by atoms with E-state index in [2.05, 4.69) is 5.16 Å². The summed E-state index contributed by atoms with van der Waals surface area (Å²) in [6, 6.07) is 4.68. The van der Waals surface area contributed by atoms with E-state index in [4.69, 9.17) is 16.0 Å². The van der Waals surface area contributed by atoms with Crippen molar-refractivity contribution in [3.63, 3.8) is 0 Å². The number of halogens is 3. The number of aliphatic hydroxyl groups is 1. The van der Waals surface area contributed by atoms with Crippen LogP contribution in [0.15, 0.2) is 28.3 Å². The first-order valence-electron chi connectivity index (χ1n) is 5.91. The van der Waals surface area contributed by atoms with Gasteiger partial charge in [-0.1, -0.05) is 11.2 Å². The second-order valence-corrected chi connectivity index (χ2v) is 4.95. The lowest BCUT2D eigenvalue weighted by Crippen LogP contribution is -2.37. The molecule has 4 N–H and O–H groups in total. The monoisotopic (exact) mass is 323 g/mol. The normalized spacial score (nSPS) is 12.5. The molecular formula is C12H16F3N3O2S. The van der Waals surface area contributed by atoms with Crippen LogP contribution < -0.4 is 10.6 Å². The lowest BCUT2D eigenvalue weighted by Gasteiger charge is -2.28. The van der Waals surface area contributed by atoms with Crippen LogP contribution in [0.5, 0.6) is 0 Å². The molecule has 0 unspecified atom stereocenters. The third-order valence-corrected chi connectivity index (χ3v) is 3.45. The van der Waals surface area contributed by atoms with Crippen molar-refractivity contribution in [1.29, 1.82) is 0 Å². The first kappa shape index (κ1) is 17.4. The van der Waals surface area contributed by atoms with Gasteiger partial charge in [0.1, 0.15) is 6.54 Å². The molecule has 0 aliphatic carbocycles. The molecule has 0 saturated carbocycles. The fourth-order valence-electron chi connectivity index (χ4n) is 1.88. The Morgan fingerprint density at radius 1 is 1.43 bits per heavy atom. The van der Waals surface area contributed by atoms with Gasteiger partial charge in [0.05, 0.1) is 12.2 Å². The lowest BCUT2D eigenvalue weighted by molar-refractivity contribution is -0.119. The van der Waals surface area contributed by atoms with Crippen LogP contribution in [0, 0.1) is 0 Å². The summed E-state index contributed by atoms with van der Waals surface area (Å²) in [5.74, 6) is -0.278. The molecular weight excluding hydrogens is 307 g/mol. The fourth-order valence-corrected chi connectivity index (χ4v) is 2.51. The zero-order valence-corrected chi connectivity index (χ0v) is 12.1. The third kappa shape index (κ3) is 4.71. The van der Waals surface area contributed by atoms with Crippen molar-refractivity contribution in [2.45, 2.75) is 11.1 Å². The Labute approximate surface area is 124 Å². The van der Waals surface area contributed by atoms with E-state index < -0.39 is 19.3 Å². The van der Waals surface area contributed by atoms with Crippen molar-refractivity contribution in [2.24, 2.45) is 10.9 Å². The van der Waals surface area contributed by atoms with Crippen LogP contribution in [0.4, 0.5) is 18.9 Å². The van der Waals surface area contributed by atoms with E-state index in [9.17, 15) is 13.2 Å². The number of amidine groups is 1. The number of anilines is 1. The van der Waals surface area contributed by atoms with E-state index in [1.54, 1.807) is 18.4 Å². The summed E-state index contributed by atoms with van der Waals surface area (Å²) in [5, 5.41) is 20.7. The first-order chi connectivity index (χ1) is 9.84. The molecule has 0 spiro atoms. The summed E-state index contributed by atoms with van der Waals surface area (Å²) in [4.78, 5) is 1.53. The molecule has 1 aromatic rings. The number of nitrogens with zero attached hydrogens (tertiary/aromatic N) is 2. The number of thioether (sulfide) groups is 1. The Morgan fingerprint density at radius 3 is 2.57 bits per heavy atom. The van der Waals surface area contributed by atoms with Crippen molar-refractivity contribution < 1.29 is 23.5 Å². The number of aliphatic hydroxyl groups excluding tert-OH is 1. The summed E-state index contributed by atoms with van der Waals surface area (Å²) < 4.78 is 38.0. The number of oxime groups is 1. The molecule has 0 aliphatic heterocycles. The van der Waals surface area contributed by atoms with Crippen molar-refractivity contribution in [2.75, 3.05) is 30.9 Å². The van der Waals surface area contributed by atoms with Gasteiger partial charge in [-0.05, 0) is 18.4 Å². The van der Waals surface area contributed by atoms with E-state index in [0.29, 0.717) is 4.90 Å². The van der Waals surface area contributed by atoms with Crippen LogP contribution in [-0.4, -0.2) is 48.3 Å². The van der Waals surface area contributed by atoms with Gasteiger partial charge in [0.2, 0.25) is 0 Å². The van der Waals surface area contributed by atoms with E-state index in [1.807, 2.05) is 0 Å². The molecule has 0 amide bonds. The smallest absolute Gasteiger partial charge is 0.405 e. The van der Waals surface area contributed by atoms with E-state index >= 15 is 0 Å². The molecule has 0 aliphatic rings. The average molecular weight is 323 g/mol. The maximum absolute atomic E-state index is 12.7. The Bertz CT molecular complexity index is 509. The Morgan fingerprint density at radius 2 is 2.10 bits per heavy atom. The number of nitrogens with two attached hydrogens (primary N) is 1. The predicted octanol–water partition coefficient (Wildman–Crippen LogP) is 1.86. The number of benzene rings is 1. The van der Waals surface area contributed by atoms with Gasteiger partial charge in [-0.25, -0.2) is 0 Å². The van der Waals surface area contributed by atoms with Gasteiger partial charge in [-0.15, -0.1) is 11.8 Å². The van der Waals surface area contributed by atoms with E-state index in [0.717, 1.165) is 4.90 Å². The van der Waals surface area contributed by atoms with Crippen molar-refractivity contribution in [3.05, 3.63) is 23.8 Å². The van der Waals surface area contributed by atoms with Crippen LogP contribution in [0.25, 0.3) is 0 Å². The Hall–Kier alpha value is -1.61. The van der Waals surface area contributed by atoms with Gasteiger partial charge in [0.25, 0.3) is 0 Å². The Balaban J connectivity index is 3.36. The minimum atomic E-state index is -4.44. The summed E-state index contributed by atoms with van der Waals surface area (Å²) >= 11 is 1.26. The number of alkyl halides is 3. The average Bonchev–Trinajstić information content (AvgIpc) is 2.43. The van der Waals surface area contributed by atoms with Gasteiger partial charge < -0.3 is 20.9 Å². The quantitative estimate of drug-likeness (QED) is 0.245. The van der Waals surface area contributed by atoms with E-state index in [-0.39, 0.29) is 23.6 Å². The molecule has 9 heteroatoms. The number of hydrogen-bond acceptors (Lipinski definition) is 5. The second kappa shape index (κ2) is 7.41. The van der Waals surface area contributed by atoms with Crippen LogP contribution in [0.1, 0.15) is 5.56 Å². The maximum Gasteiger partial charge on any atom is 0.405 e. The van der Waals surface area contributed by atoms with Crippen LogP contribution in [-0.2, 0) is 0 Å². The van der Waals surface area contributed by atoms with Crippen LogP contribution >= 0.6 is 11.8 Å². The summed E-state index contributed by atoms with van der Waals surface area (Å²) in [7, 11) is 0. The highest BCUT2D eigenvalue weighted by molar-refractivity contribution is 7.98. The maximum atomic E-state index is 12.7. The van der Waals surface area contributed by atoms with Gasteiger partial charge in [0.15, 0.2) is 5.84 Å². The molecule has 21 heavy (non-hydrogen) atoms. The molecule has 0 radical (unpaired) electrons. The second-order valence-electron chi connectivity index (χ2n) is 4.10. The predicted molar refractivity (Wildman–Crippen MR) is 76.1 cm³/mol. The largest absolute Gasteiger partial charge is 0.409 e. The summed E-state index contributed by atoms with van der Waals surface area (Å²) in [6.07, 6.45) is -2.71. The number of hydrogen-bond donors (Lipinski definition) is 3. The molecule has 0 aromatic heterocycles. The van der Waals surface area contributed by atoms with Crippen molar-refractivity contribution in [1.82, 2.24) is 0 Å². The highest BCUT2D eigenvalue weighted by atomic mass is 32.2. The molecule has 0 bridgehead atoms. The standard InChI is InChI=1S/C12H16F3N3O2S/c1-21-9-4-2-3-8(10(9)11(16)17-20)18(5-6-19)7-12(13,14)15/h2-4,19-20H,5-7H2,1H3,(H2,16,17). The zero-order chi connectivity index (χ0) is 16.0. The third-order valence-electron chi connectivity index (χ3n) is 2.67. The molecule has 0 fully saturated rings. The zero-order valence-electron chi connectivity index (χ0n) is 11.3. The number of rotatable bonds is 6. The molecule has 0 saturated heterocycles. The molecule has 118 valence electrons. The topological polar surface area (TPSA) is 82.1 Å². The van der Waals surface area contributed by atoms with Gasteiger partial charge >= 0.3 is 6.18 Å². The molecule has 1 rings (SSSR count). The van der Waals surface area contributed by atoms with Crippen LogP contribution in [0.2, 0.25) is 0 Å². The highest BCUT2D eigenvalue weighted by Crippen LogP contribution is 2.31. The fraction of sp³-hybridized carbons (Fsp3) is 0.417. The lowest BCUT2D eigenvalue weighted by atomic mass is 10.1. The van der Waals surface area contributed by atoms with Gasteiger partial charge in [-0.2, -0.15) is 13.2 Å². The minimum Gasteiger partial charge on any atom is -0.409 e.